The topological polar surface area (TPSA) is 64.4 Å². The highest BCUT2D eigenvalue weighted by Crippen LogP contribution is 2.33. The number of hydrogen-bond acceptors (Lipinski definition) is 4. The number of carbonyl (C=O) groups is 1. The van der Waals surface area contributed by atoms with Crippen molar-refractivity contribution in [2.75, 3.05) is 13.2 Å². The van der Waals surface area contributed by atoms with E-state index in [0.29, 0.717) is 25.0 Å². The van der Waals surface area contributed by atoms with Crippen LogP contribution in [-0.2, 0) is 11.3 Å². The molecule has 2 heterocycles. The van der Waals surface area contributed by atoms with Gasteiger partial charge < -0.3 is 9.64 Å². The molecule has 1 aromatic heterocycles. The Hall–Kier alpha value is -3.15. The first-order chi connectivity index (χ1) is 14.2. The molecule has 1 atom stereocenters. The Morgan fingerprint density at radius 1 is 1.17 bits per heavy atom. The van der Waals surface area contributed by atoms with E-state index in [1.165, 1.54) is 6.20 Å². The highest BCUT2D eigenvalue weighted by atomic mass is 16.5. The minimum Gasteiger partial charge on any atom is -0.494 e. The number of hydrogen-bond donors (Lipinski definition) is 0. The van der Waals surface area contributed by atoms with E-state index in [9.17, 15) is 9.59 Å². The smallest absolute Gasteiger partial charge is 0.224 e. The van der Waals surface area contributed by atoms with Gasteiger partial charge in [0.15, 0.2) is 0 Å². The molecule has 0 saturated carbocycles. The fourth-order valence-electron chi connectivity index (χ4n) is 4.05. The van der Waals surface area contributed by atoms with Crippen molar-refractivity contribution in [3.05, 3.63) is 70.5 Å². The van der Waals surface area contributed by atoms with E-state index in [1.54, 1.807) is 10.7 Å². The largest absolute Gasteiger partial charge is 0.494 e. The summed E-state index contributed by atoms with van der Waals surface area (Å²) in [5.41, 5.74) is 1.81. The summed E-state index contributed by atoms with van der Waals surface area (Å²) in [7, 11) is 0. The minimum atomic E-state index is -0.0988. The zero-order valence-electron chi connectivity index (χ0n) is 16.6. The van der Waals surface area contributed by atoms with E-state index < -0.39 is 0 Å². The molecular weight excluding hydrogens is 366 g/mol. The van der Waals surface area contributed by atoms with E-state index in [2.05, 4.69) is 17.2 Å². The number of aryl methyl sites for hydroxylation is 1. The van der Waals surface area contributed by atoms with Crippen LogP contribution in [0.2, 0.25) is 0 Å². The van der Waals surface area contributed by atoms with Gasteiger partial charge in [0.1, 0.15) is 5.75 Å². The van der Waals surface area contributed by atoms with Crippen LogP contribution in [0.3, 0.4) is 0 Å². The lowest BCUT2D eigenvalue weighted by molar-refractivity contribution is -0.132. The molecule has 1 aliphatic heterocycles. The van der Waals surface area contributed by atoms with Gasteiger partial charge in [0, 0.05) is 18.4 Å². The Kier molecular flexibility index (Phi) is 5.60. The number of ether oxygens (including phenoxy) is 1. The summed E-state index contributed by atoms with van der Waals surface area (Å²) in [5, 5.41) is 4.86. The first-order valence-electron chi connectivity index (χ1n) is 10.1. The van der Waals surface area contributed by atoms with E-state index in [-0.39, 0.29) is 17.4 Å². The van der Waals surface area contributed by atoms with Gasteiger partial charge in [-0.15, -0.1) is 0 Å². The summed E-state index contributed by atoms with van der Waals surface area (Å²) in [6, 6.07) is 15.5. The van der Waals surface area contributed by atoms with Gasteiger partial charge in [0.2, 0.25) is 11.3 Å². The Morgan fingerprint density at radius 2 is 1.97 bits per heavy atom. The highest BCUT2D eigenvalue weighted by Gasteiger charge is 2.29. The number of fused-ring (bicyclic) bond motifs is 1. The second-order valence-electron chi connectivity index (χ2n) is 7.25. The third-order valence-electron chi connectivity index (χ3n) is 5.45. The number of rotatable bonds is 6. The molecule has 0 radical (unpaired) electrons. The Bertz CT molecular complexity index is 1060. The summed E-state index contributed by atoms with van der Waals surface area (Å²) in [4.78, 5) is 26.9. The van der Waals surface area contributed by atoms with Gasteiger partial charge in [-0.25, -0.2) is 0 Å². The first-order valence-corrected chi connectivity index (χ1v) is 10.1. The summed E-state index contributed by atoms with van der Waals surface area (Å²) >= 11 is 0. The van der Waals surface area contributed by atoms with Crippen LogP contribution in [-0.4, -0.2) is 33.7 Å². The van der Waals surface area contributed by atoms with Crippen LogP contribution >= 0.6 is 0 Å². The van der Waals surface area contributed by atoms with Crippen LogP contribution in [0.4, 0.5) is 0 Å². The maximum Gasteiger partial charge on any atom is 0.224 e. The third kappa shape index (κ3) is 4.01. The normalized spacial score (nSPS) is 16.3. The molecule has 2 aromatic carbocycles. The monoisotopic (exact) mass is 391 g/mol. The number of aromatic nitrogens is 2. The van der Waals surface area contributed by atoms with E-state index in [4.69, 9.17) is 4.74 Å². The van der Waals surface area contributed by atoms with Crippen LogP contribution < -0.4 is 10.2 Å². The van der Waals surface area contributed by atoms with Crippen LogP contribution in [0.1, 0.15) is 37.8 Å². The maximum atomic E-state index is 13.0. The van der Waals surface area contributed by atoms with Gasteiger partial charge in [-0.1, -0.05) is 24.3 Å². The third-order valence-corrected chi connectivity index (χ3v) is 5.45. The van der Waals surface area contributed by atoms with Crippen molar-refractivity contribution < 1.29 is 9.53 Å². The molecule has 0 spiro atoms. The second-order valence-corrected chi connectivity index (χ2v) is 7.25. The molecule has 1 saturated heterocycles. The Balaban J connectivity index is 1.47. The van der Waals surface area contributed by atoms with Gasteiger partial charge in [-0.2, -0.15) is 5.10 Å². The number of carbonyl (C=O) groups excluding carboxylic acids is 1. The van der Waals surface area contributed by atoms with Crippen molar-refractivity contribution in [3.63, 3.8) is 0 Å². The molecule has 1 unspecified atom stereocenters. The molecule has 6 heteroatoms. The Labute approximate surface area is 169 Å². The van der Waals surface area contributed by atoms with Crippen molar-refractivity contribution in [3.8, 4) is 5.75 Å². The molecular formula is C23H25N3O3. The van der Waals surface area contributed by atoms with Crippen molar-refractivity contribution in [1.29, 1.82) is 0 Å². The van der Waals surface area contributed by atoms with Crippen molar-refractivity contribution in [2.24, 2.45) is 0 Å². The quantitative estimate of drug-likeness (QED) is 0.645. The molecule has 29 heavy (non-hydrogen) atoms. The zero-order valence-corrected chi connectivity index (χ0v) is 16.6. The molecule has 6 nitrogen and oxygen atoms in total. The number of amides is 1. The lowest BCUT2D eigenvalue weighted by Gasteiger charge is -2.25. The predicted molar refractivity (Wildman–Crippen MR) is 112 cm³/mol. The number of likely N-dealkylation sites (tertiary alicyclic amines) is 1. The van der Waals surface area contributed by atoms with Gasteiger partial charge >= 0.3 is 0 Å². The summed E-state index contributed by atoms with van der Waals surface area (Å²) in [5.74, 6) is 0.967. The first kappa shape index (κ1) is 19.2. The molecule has 4 rings (SSSR count). The molecule has 0 aliphatic carbocycles. The van der Waals surface area contributed by atoms with Gasteiger partial charge in [-0.05, 0) is 49.6 Å². The Morgan fingerprint density at radius 3 is 2.76 bits per heavy atom. The molecule has 1 fully saturated rings. The lowest BCUT2D eigenvalue weighted by Crippen LogP contribution is -2.31. The summed E-state index contributed by atoms with van der Waals surface area (Å²) in [6.07, 6.45) is 3.65. The molecule has 0 N–H and O–H groups in total. The second kappa shape index (κ2) is 8.47. The van der Waals surface area contributed by atoms with E-state index in [1.807, 2.05) is 42.2 Å². The minimum absolute atomic E-state index is 0.0988. The van der Waals surface area contributed by atoms with Crippen molar-refractivity contribution in [1.82, 2.24) is 14.7 Å². The standard InChI is InChI=1S/C23H25N3O3/c1-2-29-18-11-9-17(10-12-18)20-8-5-14-25(20)23(28)13-15-26-21-7-4-3-6-19(21)22(27)16-24-26/h3-4,6-7,9-12,16,20H,2,5,8,13-15H2,1H3. The average molecular weight is 391 g/mol. The molecule has 1 aliphatic rings. The van der Waals surface area contributed by atoms with Gasteiger partial charge in [0.25, 0.3) is 0 Å². The molecule has 0 bridgehead atoms. The molecule has 1 amide bonds. The summed E-state index contributed by atoms with van der Waals surface area (Å²) < 4.78 is 7.26. The van der Waals surface area contributed by atoms with Gasteiger partial charge in [0.05, 0.1) is 30.9 Å². The van der Waals surface area contributed by atoms with Crippen LogP contribution in [0.25, 0.3) is 10.9 Å². The predicted octanol–water partition coefficient (Wildman–Crippen LogP) is 3.55. The van der Waals surface area contributed by atoms with Crippen LogP contribution in [0.15, 0.2) is 59.5 Å². The number of nitrogens with zero attached hydrogens (tertiary/aromatic N) is 3. The van der Waals surface area contributed by atoms with Crippen molar-refractivity contribution >= 4 is 16.8 Å². The molecule has 3 aromatic rings. The molecule has 150 valence electrons. The lowest BCUT2D eigenvalue weighted by atomic mass is 10.0. The van der Waals surface area contributed by atoms with Crippen LogP contribution in [0, 0.1) is 0 Å². The van der Waals surface area contributed by atoms with Crippen molar-refractivity contribution in [2.45, 2.75) is 38.8 Å². The zero-order chi connectivity index (χ0) is 20.2. The van der Waals surface area contributed by atoms with E-state index in [0.717, 1.165) is 36.2 Å². The van der Waals surface area contributed by atoms with Crippen LogP contribution in [0.5, 0.6) is 5.75 Å². The fourth-order valence-corrected chi connectivity index (χ4v) is 4.05. The number of benzene rings is 2. The number of para-hydroxylation sites is 1. The fraction of sp³-hybridized carbons (Fsp3) is 0.348. The van der Waals surface area contributed by atoms with E-state index >= 15 is 0 Å². The average Bonchev–Trinajstić information content (AvgIpc) is 3.24. The van der Waals surface area contributed by atoms with Gasteiger partial charge in [-0.3, -0.25) is 14.3 Å². The maximum absolute atomic E-state index is 13.0. The highest BCUT2D eigenvalue weighted by molar-refractivity contribution is 5.79. The summed E-state index contributed by atoms with van der Waals surface area (Å²) in [6.45, 7) is 3.83. The SMILES string of the molecule is CCOc1ccc(C2CCCN2C(=O)CCn2ncc(=O)c3ccccc32)cc1.